The molecule has 0 aliphatic heterocycles. The van der Waals surface area contributed by atoms with Gasteiger partial charge in [-0.2, -0.15) is 4.98 Å². The number of carbonyl (C=O) groups is 1. The maximum absolute atomic E-state index is 13.8. The zero-order valence-electron chi connectivity index (χ0n) is 18.0. The molecule has 0 fully saturated rings. The molecule has 0 aliphatic rings. The van der Waals surface area contributed by atoms with Crippen LogP contribution in [0.1, 0.15) is 0 Å². The fraction of sp³-hybridized carbons (Fsp3) is 0.130. The molecule has 0 saturated heterocycles. The molecular weight excluding hydrogens is 450 g/mol. The van der Waals surface area contributed by atoms with E-state index in [1.165, 1.54) is 32.5 Å². The Bertz CT molecular complexity index is 1420. The number of halogens is 2. The number of amides is 1. The molecule has 2 aromatic heterocycles. The van der Waals surface area contributed by atoms with Gasteiger partial charge >= 0.3 is 0 Å². The standard InChI is InChI=1S/C23H18F2N4O5/c1-32-18-8-5-13(10-19(18)33-2)21-27-22(34-28-21)15-4-3-9-29(23(15)31)12-20(30)26-17-7-6-14(24)11-16(17)25/h3-11H,12H2,1-2H3,(H,26,30). The lowest BCUT2D eigenvalue weighted by atomic mass is 10.2. The maximum Gasteiger partial charge on any atom is 0.263 e. The first-order chi connectivity index (χ1) is 16.4. The van der Waals surface area contributed by atoms with E-state index in [9.17, 15) is 18.4 Å². The Morgan fingerprint density at radius 1 is 1.09 bits per heavy atom. The lowest BCUT2D eigenvalue weighted by molar-refractivity contribution is -0.116. The average molecular weight is 468 g/mol. The molecule has 0 spiro atoms. The Morgan fingerprint density at radius 2 is 1.88 bits per heavy atom. The van der Waals surface area contributed by atoms with Crippen molar-refractivity contribution in [2.45, 2.75) is 6.54 Å². The van der Waals surface area contributed by atoms with Crippen LogP contribution in [0.2, 0.25) is 0 Å². The highest BCUT2D eigenvalue weighted by molar-refractivity contribution is 5.90. The normalized spacial score (nSPS) is 10.7. The lowest BCUT2D eigenvalue weighted by Crippen LogP contribution is -2.28. The number of ether oxygens (including phenoxy) is 2. The van der Waals surface area contributed by atoms with E-state index in [1.54, 1.807) is 18.2 Å². The third-order valence-electron chi connectivity index (χ3n) is 4.84. The van der Waals surface area contributed by atoms with Gasteiger partial charge in [0.2, 0.25) is 11.7 Å². The monoisotopic (exact) mass is 468 g/mol. The van der Waals surface area contributed by atoms with E-state index in [1.807, 2.05) is 0 Å². The summed E-state index contributed by atoms with van der Waals surface area (Å²) >= 11 is 0. The Balaban J connectivity index is 1.56. The molecule has 34 heavy (non-hydrogen) atoms. The van der Waals surface area contributed by atoms with Crippen molar-refractivity contribution in [1.29, 1.82) is 0 Å². The van der Waals surface area contributed by atoms with Crippen molar-refractivity contribution >= 4 is 11.6 Å². The van der Waals surface area contributed by atoms with Crippen molar-refractivity contribution in [2.24, 2.45) is 0 Å². The fourth-order valence-electron chi connectivity index (χ4n) is 3.18. The second-order valence-electron chi connectivity index (χ2n) is 7.02. The van der Waals surface area contributed by atoms with E-state index in [0.29, 0.717) is 23.1 Å². The van der Waals surface area contributed by atoms with Gasteiger partial charge in [-0.15, -0.1) is 0 Å². The molecule has 9 nitrogen and oxygen atoms in total. The van der Waals surface area contributed by atoms with Crippen molar-refractivity contribution in [3.63, 3.8) is 0 Å². The molecule has 11 heteroatoms. The van der Waals surface area contributed by atoms with Crippen LogP contribution >= 0.6 is 0 Å². The zero-order valence-corrected chi connectivity index (χ0v) is 18.0. The van der Waals surface area contributed by atoms with Crippen LogP contribution in [-0.4, -0.2) is 34.8 Å². The topological polar surface area (TPSA) is 108 Å². The van der Waals surface area contributed by atoms with Gasteiger partial charge in [-0.1, -0.05) is 5.16 Å². The Labute approximate surface area is 191 Å². The third-order valence-corrected chi connectivity index (χ3v) is 4.84. The van der Waals surface area contributed by atoms with E-state index < -0.39 is 29.6 Å². The molecule has 0 atom stereocenters. The highest BCUT2D eigenvalue weighted by Crippen LogP contribution is 2.31. The molecule has 0 saturated carbocycles. The fourth-order valence-corrected chi connectivity index (χ4v) is 3.18. The van der Waals surface area contributed by atoms with Gasteiger partial charge in [0.25, 0.3) is 11.4 Å². The van der Waals surface area contributed by atoms with Crippen LogP contribution in [0, 0.1) is 11.6 Å². The van der Waals surface area contributed by atoms with Crippen LogP contribution in [0.3, 0.4) is 0 Å². The summed E-state index contributed by atoms with van der Waals surface area (Å²) in [7, 11) is 3.01. The van der Waals surface area contributed by atoms with E-state index in [0.717, 1.165) is 16.7 Å². The number of nitrogens with one attached hydrogen (secondary N) is 1. The van der Waals surface area contributed by atoms with Gasteiger partial charge in [0.1, 0.15) is 23.7 Å². The van der Waals surface area contributed by atoms with Crippen LogP contribution in [0.4, 0.5) is 14.5 Å². The first-order valence-corrected chi connectivity index (χ1v) is 9.90. The number of benzene rings is 2. The Morgan fingerprint density at radius 3 is 2.62 bits per heavy atom. The molecule has 0 bridgehead atoms. The van der Waals surface area contributed by atoms with Crippen molar-refractivity contribution in [3.05, 3.63) is 76.7 Å². The number of aromatic nitrogens is 3. The number of methoxy groups -OCH3 is 2. The summed E-state index contributed by atoms with van der Waals surface area (Å²) in [5.74, 6) is -1.21. The minimum absolute atomic E-state index is 0.0471. The minimum atomic E-state index is -0.928. The molecule has 0 radical (unpaired) electrons. The lowest BCUT2D eigenvalue weighted by Gasteiger charge is -2.09. The molecule has 4 rings (SSSR count). The first-order valence-electron chi connectivity index (χ1n) is 9.90. The summed E-state index contributed by atoms with van der Waals surface area (Å²) in [5, 5.41) is 6.22. The SMILES string of the molecule is COc1ccc(-c2noc(-c3cccn(CC(=O)Nc4ccc(F)cc4F)c3=O)n2)cc1OC. The third kappa shape index (κ3) is 4.63. The van der Waals surface area contributed by atoms with E-state index in [4.69, 9.17) is 14.0 Å². The number of rotatable bonds is 7. The summed E-state index contributed by atoms with van der Waals surface area (Å²) < 4.78 is 43.7. The summed E-state index contributed by atoms with van der Waals surface area (Å²) in [6, 6.07) is 10.8. The van der Waals surface area contributed by atoms with Gasteiger partial charge in [-0.05, 0) is 42.5 Å². The Hall–Kier alpha value is -4.54. The summed E-state index contributed by atoms with van der Waals surface area (Å²) in [5.41, 5.74) is -0.126. The predicted molar refractivity (Wildman–Crippen MR) is 118 cm³/mol. The average Bonchev–Trinajstić information content (AvgIpc) is 3.32. The van der Waals surface area contributed by atoms with Crippen molar-refractivity contribution < 1.29 is 27.6 Å². The number of nitrogens with zero attached hydrogens (tertiary/aromatic N) is 3. The zero-order chi connectivity index (χ0) is 24.2. The highest BCUT2D eigenvalue weighted by atomic mass is 19.1. The number of hydrogen-bond acceptors (Lipinski definition) is 7. The first kappa shape index (κ1) is 22.6. The second-order valence-corrected chi connectivity index (χ2v) is 7.02. The maximum atomic E-state index is 13.8. The van der Waals surface area contributed by atoms with E-state index >= 15 is 0 Å². The molecule has 1 amide bonds. The molecule has 0 aliphatic carbocycles. The molecular formula is C23H18F2N4O5. The van der Waals surface area contributed by atoms with Crippen LogP contribution in [-0.2, 0) is 11.3 Å². The Kier molecular flexibility index (Phi) is 6.35. The number of pyridine rings is 1. The van der Waals surface area contributed by atoms with Crippen LogP contribution in [0.25, 0.3) is 22.8 Å². The van der Waals surface area contributed by atoms with E-state index in [-0.39, 0.29) is 23.0 Å². The highest BCUT2D eigenvalue weighted by Gasteiger charge is 2.17. The number of anilines is 1. The summed E-state index contributed by atoms with van der Waals surface area (Å²) in [6.07, 6.45) is 1.39. The molecule has 174 valence electrons. The van der Waals surface area contributed by atoms with Gasteiger partial charge in [0, 0.05) is 17.8 Å². The van der Waals surface area contributed by atoms with Crippen molar-refractivity contribution in [1.82, 2.24) is 14.7 Å². The van der Waals surface area contributed by atoms with Gasteiger partial charge in [0.05, 0.1) is 19.9 Å². The van der Waals surface area contributed by atoms with Gasteiger partial charge in [-0.3, -0.25) is 9.59 Å². The summed E-state index contributed by atoms with van der Waals surface area (Å²) in [4.78, 5) is 29.5. The van der Waals surface area contributed by atoms with E-state index in [2.05, 4.69) is 15.5 Å². The quantitative estimate of drug-likeness (QED) is 0.442. The molecule has 1 N–H and O–H groups in total. The van der Waals surface area contributed by atoms with Gasteiger partial charge < -0.3 is 23.9 Å². The predicted octanol–water partition coefficient (Wildman–Crippen LogP) is 3.50. The molecule has 4 aromatic rings. The number of carbonyl (C=O) groups excluding carboxylic acids is 1. The number of hydrogen-bond donors (Lipinski definition) is 1. The van der Waals surface area contributed by atoms with Crippen LogP contribution in [0.15, 0.2) is 64.0 Å². The molecule has 0 unspecified atom stereocenters. The molecule has 2 aromatic carbocycles. The van der Waals surface area contributed by atoms with Gasteiger partial charge in [0.15, 0.2) is 11.5 Å². The van der Waals surface area contributed by atoms with Crippen LogP contribution in [0.5, 0.6) is 11.5 Å². The van der Waals surface area contributed by atoms with Crippen molar-refractivity contribution in [2.75, 3.05) is 19.5 Å². The van der Waals surface area contributed by atoms with Gasteiger partial charge in [-0.25, -0.2) is 8.78 Å². The second kappa shape index (κ2) is 9.53. The molecule has 2 heterocycles. The van der Waals surface area contributed by atoms with Crippen molar-refractivity contribution in [3.8, 4) is 34.3 Å². The van der Waals surface area contributed by atoms with Crippen LogP contribution < -0.4 is 20.3 Å². The minimum Gasteiger partial charge on any atom is -0.493 e. The summed E-state index contributed by atoms with van der Waals surface area (Å²) in [6.45, 7) is -0.417. The largest absolute Gasteiger partial charge is 0.493 e. The smallest absolute Gasteiger partial charge is 0.263 e.